The first kappa shape index (κ1) is 14.9. The fourth-order valence-corrected chi connectivity index (χ4v) is 2.93. The van der Waals surface area contributed by atoms with Crippen molar-refractivity contribution in [3.8, 4) is 22.5 Å². The van der Waals surface area contributed by atoms with Crippen molar-refractivity contribution in [1.82, 2.24) is 19.6 Å². The number of hydrogen-bond donors (Lipinski definition) is 1. The Balaban J connectivity index is 2.08. The standard InChI is InChI=1S/C17H11Cl2N5/c18-12-3-1-2-10(8-12)16-17(11-6-7-21-14(20)9-11)24-15(22-16)5-4-13(19)23-24/h1-9H,(H2,20,21). The molecule has 0 aliphatic heterocycles. The van der Waals surface area contributed by atoms with Crippen LogP contribution < -0.4 is 5.73 Å². The Bertz CT molecular complexity index is 1060. The Kier molecular flexibility index (Phi) is 3.59. The molecule has 0 unspecified atom stereocenters. The molecule has 7 heteroatoms. The molecule has 0 aliphatic carbocycles. The molecule has 3 heterocycles. The van der Waals surface area contributed by atoms with Gasteiger partial charge in [0.25, 0.3) is 0 Å². The summed E-state index contributed by atoms with van der Waals surface area (Å²) in [5.74, 6) is 0.418. The molecule has 2 N–H and O–H groups in total. The van der Waals surface area contributed by atoms with Crippen LogP contribution in [0.5, 0.6) is 0 Å². The fourth-order valence-electron chi connectivity index (χ4n) is 2.60. The number of aromatic nitrogens is 4. The van der Waals surface area contributed by atoms with Crippen molar-refractivity contribution >= 4 is 34.7 Å². The third-order valence-corrected chi connectivity index (χ3v) is 4.03. The molecule has 4 aromatic rings. The molecule has 0 atom stereocenters. The highest BCUT2D eigenvalue weighted by Gasteiger charge is 2.18. The zero-order chi connectivity index (χ0) is 16.7. The van der Waals surface area contributed by atoms with Gasteiger partial charge in [-0.15, -0.1) is 0 Å². The lowest BCUT2D eigenvalue weighted by Crippen LogP contribution is -1.96. The predicted molar refractivity (Wildman–Crippen MR) is 96.1 cm³/mol. The van der Waals surface area contributed by atoms with Gasteiger partial charge in [-0.2, -0.15) is 5.10 Å². The Morgan fingerprint density at radius 3 is 2.62 bits per heavy atom. The SMILES string of the molecule is Nc1cc(-c2c(-c3cccc(Cl)c3)nc3ccc(Cl)nn23)ccn1. The minimum atomic E-state index is 0.376. The second-order valence-corrected chi connectivity index (χ2v) is 6.04. The summed E-state index contributed by atoms with van der Waals surface area (Å²) in [5, 5.41) is 5.39. The number of fused-ring (bicyclic) bond motifs is 1. The second-order valence-electron chi connectivity index (χ2n) is 5.21. The Morgan fingerprint density at radius 2 is 1.83 bits per heavy atom. The summed E-state index contributed by atoms with van der Waals surface area (Å²) in [6.45, 7) is 0. The first-order valence-corrected chi connectivity index (χ1v) is 7.90. The van der Waals surface area contributed by atoms with Crippen LogP contribution in [0.2, 0.25) is 10.2 Å². The molecule has 0 aliphatic rings. The largest absolute Gasteiger partial charge is 0.384 e. The average Bonchev–Trinajstić information content (AvgIpc) is 2.93. The number of pyridine rings is 1. The van der Waals surface area contributed by atoms with Crippen LogP contribution in [0.15, 0.2) is 54.7 Å². The molecule has 0 saturated heterocycles. The molecule has 0 radical (unpaired) electrons. The van der Waals surface area contributed by atoms with Crippen LogP contribution in [0.4, 0.5) is 5.82 Å². The molecule has 0 fully saturated rings. The zero-order valence-electron chi connectivity index (χ0n) is 12.3. The van der Waals surface area contributed by atoms with Crippen molar-refractivity contribution < 1.29 is 0 Å². The number of anilines is 1. The van der Waals surface area contributed by atoms with Gasteiger partial charge in [0, 0.05) is 22.3 Å². The van der Waals surface area contributed by atoms with Crippen LogP contribution >= 0.6 is 23.2 Å². The fraction of sp³-hybridized carbons (Fsp3) is 0. The molecule has 1 aromatic carbocycles. The highest BCUT2D eigenvalue weighted by molar-refractivity contribution is 6.31. The highest BCUT2D eigenvalue weighted by atomic mass is 35.5. The van der Waals surface area contributed by atoms with E-state index in [1.807, 2.05) is 36.4 Å². The number of hydrogen-bond acceptors (Lipinski definition) is 4. The van der Waals surface area contributed by atoms with E-state index in [1.54, 1.807) is 22.8 Å². The number of nitrogens with zero attached hydrogens (tertiary/aromatic N) is 4. The van der Waals surface area contributed by atoms with E-state index in [1.165, 1.54) is 0 Å². The van der Waals surface area contributed by atoms with Gasteiger partial charge in [0.2, 0.25) is 0 Å². The maximum absolute atomic E-state index is 6.14. The summed E-state index contributed by atoms with van der Waals surface area (Å²) in [7, 11) is 0. The van der Waals surface area contributed by atoms with E-state index in [2.05, 4.69) is 10.1 Å². The maximum atomic E-state index is 6.14. The molecule has 3 aromatic heterocycles. The molecular weight excluding hydrogens is 345 g/mol. The van der Waals surface area contributed by atoms with E-state index < -0.39 is 0 Å². The topological polar surface area (TPSA) is 69.1 Å². The molecule has 0 saturated carbocycles. The summed E-state index contributed by atoms with van der Waals surface area (Å²) >= 11 is 12.2. The average molecular weight is 356 g/mol. The van der Waals surface area contributed by atoms with Crippen molar-refractivity contribution in [1.29, 1.82) is 0 Å². The third-order valence-electron chi connectivity index (χ3n) is 3.60. The summed E-state index contributed by atoms with van der Waals surface area (Å²) < 4.78 is 1.70. The maximum Gasteiger partial charge on any atom is 0.155 e. The van der Waals surface area contributed by atoms with Gasteiger partial charge in [0.15, 0.2) is 5.65 Å². The van der Waals surface area contributed by atoms with E-state index in [0.717, 1.165) is 22.5 Å². The van der Waals surface area contributed by atoms with Gasteiger partial charge in [-0.25, -0.2) is 14.5 Å². The van der Waals surface area contributed by atoms with Gasteiger partial charge in [-0.3, -0.25) is 0 Å². The van der Waals surface area contributed by atoms with Crippen molar-refractivity contribution in [2.24, 2.45) is 0 Å². The number of benzene rings is 1. The van der Waals surface area contributed by atoms with Crippen molar-refractivity contribution in [2.45, 2.75) is 0 Å². The molecule has 118 valence electrons. The van der Waals surface area contributed by atoms with Crippen LogP contribution in [-0.4, -0.2) is 19.6 Å². The normalized spacial score (nSPS) is 11.1. The third kappa shape index (κ3) is 2.58. The Morgan fingerprint density at radius 1 is 0.958 bits per heavy atom. The molecule has 24 heavy (non-hydrogen) atoms. The predicted octanol–water partition coefficient (Wildman–Crippen LogP) is 4.35. The van der Waals surface area contributed by atoms with E-state index >= 15 is 0 Å². The molecule has 5 nitrogen and oxygen atoms in total. The minimum Gasteiger partial charge on any atom is -0.384 e. The Labute approximate surface area is 147 Å². The van der Waals surface area contributed by atoms with Crippen molar-refractivity contribution in [2.75, 3.05) is 5.73 Å². The summed E-state index contributed by atoms with van der Waals surface area (Å²) in [4.78, 5) is 8.74. The van der Waals surface area contributed by atoms with Gasteiger partial charge in [-0.05, 0) is 36.4 Å². The lowest BCUT2D eigenvalue weighted by Gasteiger charge is -2.06. The summed E-state index contributed by atoms with van der Waals surface area (Å²) in [6.07, 6.45) is 1.65. The summed E-state index contributed by atoms with van der Waals surface area (Å²) in [6, 6.07) is 14.7. The number of halogens is 2. The van der Waals surface area contributed by atoms with Gasteiger partial charge in [-0.1, -0.05) is 35.3 Å². The highest BCUT2D eigenvalue weighted by Crippen LogP contribution is 2.33. The Hall–Kier alpha value is -2.63. The smallest absolute Gasteiger partial charge is 0.155 e. The lowest BCUT2D eigenvalue weighted by atomic mass is 10.1. The summed E-state index contributed by atoms with van der Waals surface area (Å²) in [5.41, 5.74) is 9.78. The quantitative estimate of drug-likeness (QED) is 0.580. The molecule has 0 spiro atoms. The van der Waals surface area contributed by atoms with E-state index in [0.29, 0.717) is 21.6 Å². The van der Waals surface area contributed by atoms with Crippen molar-refractivity contribution in [3.63, 3.8) is 0 Å². The van der Waals surface area contributed by atoms with Gasteiger partial charge in [0.05, 0.1) is 5.69 Å². The van der Waals surface area contributed by atoms with Crippen LogP contribution in [-0.2, 0) is 0 Å². The molecule has 0 amide bonds. The van der Waals surface area contributed by atoms with E-state index in [4.69, 9.17) is 33.9 Å². The first-order valence-electron chi connectivity index (χ1n) is 7.15. The number of nitrogen functional groups attached to an aromatic ring is 1. The number of rotatable bonds is 2. The zero-order valence-corrected chi connectivity index (χ0v) is 13.8. The number of nitrogens with two attached hydrogens (primary N) is 1. The van der Waals surface area contributed by atoms with Crippen LogP contribution in [0.3, 0.4) is 0 Å². The molecule has 4 rings (SSSR count). The van der Waals surface area contributed by atoms with Crippen LogP contribution in [0, 0.1) is 0 Å². The second kappa shape index (κ2) is 5.78. The lowest BCUT2D eigenvalue weighted by molar-refractivity contribution is 0.943. The number of imidazole rings is 1. The molecular formula is C17H11Cl2N5. The van der Waals surface area contributed by atoms with Crippen LogP contribution in [0.1, 0.15) is 0 Å². The van der Waals surface area contributed by atoms with E-state index in [9.17, 15) is 0 Å². The van der Waals surface area contributed by atoms with Gasteiger partial charge in [0.1, 0.15) is 16.7 Å². The van der Waals surface area contributed by atoms with Crippen molar-refractivity contribution in [3.05, 3.63) is 64.9 Å². The van der Waals surface area contributed by atoms with Crippen LogP contribution in [0.25, 0.3) is 28.2 Å². The monoisotopic (exact) mass is 355 g/mol. The van der Waals surface area contributed by atoms with E-state index in [-0.39, 0.29) is 0 Å². The minimum absolute atomic E-state index is 0.376. The molecule has 0 bridgehead atoms. The first-order chi connectivity index (χ1) is 11.6. The van der Waals surface area contributed by atoms with Gasteiger partial charge >= 0.3 is 0 Å². The van der Waals surface area contributed by atoms with Gasteiger partial charge < -0.3 is 5.73 Å².